The molecular formula is C16H21FN2O. The second-order valence-corrected chi connectivity index (χ2v) is 5.59. The van der Waals surface area contributed by atoms with Gasteiger partial charge in [0.25, 0.3) is 0 Å². The largest absolute Gasteiger partial charge is 0.490 e. The summed E-state index contributed by atoms with van der Waals surface area (Å²) in [4.78, 5) is 0. The molecule has 0 heterocycles. The topological polar surface area (TPSA) is 45.0 Å². The molecule has 108 valence electrons. The van der Waals surface area contributed by atoms with E-state index in [9.17, 15) is 4.39 Å². The summed E-state index contributed by atoms with van der Waals surface area (Å²) in [6, 6.07) is 7.39. The van der Waals surface area contributed by atoms with E-state index in [1.807, 2.05) is 19.9 Å². The first kappa shape index (κ1) is 14.8. The van der Waals surface area contributed by atoms with Gasteiger partial charge in [-0.1, -0.05) is 13.0 Å². The molecule has 0 aromatic heterocycles. The number of halogens is 1. The van der Waals surface area contributed by atoms with Crippen molar-refractivity contribution in [2.75, 3.05) is 13.2 Å². The van der Waals surface area contributed by atoms with Gasteiger partial charge in [0.2, 0.25) is 0 Å². The lowest BCUT2D eigenvalue weighted by molar-refractivity contribution is 0.227. The van der Waals surface area contributed by atoms with Gasteiger partial charge in [0.1, 0.15) is 0 Å². The molecule has 0 amide bonds. The predicted molar refractivity (Wildman–Crippen MR) is 75.9 cm³/mol. The summed E-state index contributed by atoms with van der Waals surface area (Å²) >= 11 is 0. The molecule has 1 saturated carbocycles. The van der Waals surface area contributed by atoms with Crippen LogP contribution in [0.3, 0.4) is 0 Å². The first-order valence-corrected chi connectivity index (χ1v) is 7.13. The molecule has 1 atom stereocenters. The highest BCUT2D eigenvalue weighted by atomic mass is 19.1. The quantitative estimate of drug-likeness (QED) is 0.828. The second-order valence-electron chi connectivity index (χ2n) is 5.59. The summed E-state index contributed by atoms with van der Waals surface area (Å²) in [5, 5.41) is 12.0. The Morgan fingerprint density at radius 3 is 2.80 bits per heavy atom. The molecule has 2 rings (SSSR count). The summed E-state index contributed by atoms with van der Waals surface area (Å²) in [7, 11) is 0. The molecule has 0 bridgehead atoms. The van der Waals surface area contributed by atoms with Gasteiger partial charge in [0.15, 0.2) is 11.6 Å². The highest BCUT2D eigenvalue weighted by Crippen LogP contribution is 2.48. The zero-order valence-electron chi connectivity index (χ0n) is 12.1. The Bertz CT molecular complexity index is 506. The number of rotatable bonds is 7. The van der Waals surface area contributed by atoms with Crippen LogP contribution in [0.25, 0.3) is 0 Å². The standard InChI is InChI=1S/C16H21FN2O/c1-3-19-12(2)13-4-5-15(14(17)10-13)20-11-16(6-7-16)8-9-18/h4-5,10,12,19H,3,6-8,11H2,1-2H3. The van der Waals surface area contributed by atoms with Crippen LogP contribution in [0.1, 0.15) is 44.7 Å². The Balaban J connectivity index is 1.98. The zero-order chi connectivity index (χ0) is 14.6. The van der Waals surface area contributed by atoms with Crippen LogP contribution in [-0.4, -0.2) is 13.2 Å². The third-order valence-corrected chi connectivity index (χ3v) is 3.91. The summed E-state index contributed by atoms with van der Waals surface area (Å²) in [6.07, 6.45) is 2.49. The van der Waals surface area contributed by atoms with Gasteiger partial charge in [-0.2, -0.15) is 5.26 Å². The smallest absolute Gasteiger partial charge is 0.165 e. The van der Waals surface area contributed by atoms with Crippen LogP contribution >= 0.6 is 0 Å². The number of nitriles is 1. The third-order valence-electron chi connectivity index (χ3n) is 3.91. The van der Waals surface area contributed by atoms with Crippen molar-refractivity contribution in [1.82, 2.24) is 5.32 Å². The molecule has 0 aliphatic heterocycles. The van der Waals surface area contributed by atoms with Crippen molar-refractivity contribution in [2.24, 2.45) is 5.41 Å². The van der Waals surface area contributed by atoms with Gasteiger partial charge in [0, 0.05) is 17.9 Å². The van der Waals surface area contributed by atoms with Gasteiger partial charge < -0.3 is 10.1 Å². The van der Waals surface area contributed by atoms with Crippen LogP contribution in [0.2, 0.25) is 0 Å². The van der Waals surface area contributed by atoms with Crippen molar-refractivity contribution in [1.29, 1.82) is 5.26 Å². The number of ether oxygens (including phenoxy) is 1. The number of nitrogens with one attached hydrogen (secondary N) is 1. The summed E-state index contributed by atoms with van der Waals surface area (Å²) in [5.41, 5.74) is 0.881. The maximum absolute atomic E-state index is 14.0. The molecule has 1 aromatic rings. The maximum atomic E-state index is 14.0. The van der Waals surface area contributed by atoms with E-state index in [2.05, 4.69) is 11.4 Å². The lowest BCUT2D eigenvalue weighted by atomic mass is 10.1. The highest BCUT2D eigenvalue weighted by Gasteiger charge is 2.43. The first-order chi connectivity index (χ1) is 9.60. The van der Waals surface area contributed by atoms with Crippen molar-refractivity contribution >= 4 is 0 Å². The molecule has 1 N–H and O–H groups in total. The van der Waals surface area contributed by atoms with Gasteiger partial charge in [-0.15, -0.1) is 0 Å². The Hall–Kier alpha value is -1.60. The van der Waals surface area contributed by atoms with Crippen molar-refractivity contribution < 1.29 is 9.13 Å². The zero-order valence-corrected chi connectivity index (χ0v) is 12.1. The van der Waals surface area contributed by atoms with Crippen molar-refractivity contribution in [2.45, 2.75) is 39.2 Å². The molecule has 1 unspecified atom stereocenters. The fourth-order valence-corrected chi connectivity index (χ4v) is 2.27. The van der Waals surface area contributed by atoms with Gasteiger partial charge in [-0.3, -0.25) is 0 Å². The van der Waals surface area contributed by atoms with Crippen molar-refractivity contribution in [3.05, 3.63) is 29.6 Å². The van der Waals surface area contributed by atoms with Crippen LogP contribution < -0.4 is 10.1 Å². The van der Waals surface area contributed by atoms with Gasteiger partial charge in [0.05, 0.1) is 12.7 Å². The van der Waals surface area contributed by atoms with Crippen LogP contribution in [0, 0.1) is 22.6 Å². The minimum atomic E-state index is -0.333. The fraction of sp³-hybridized carbons (Fsp3) is 0.562. The van der Waals surface area contributed by atoms with E-state index in [1.54, 1.807) is 6.07 Å². The van der Waals surface area contributed by atoms with Crippen LogP contribution in [0.5, 0.6) is 5.75 Å². The number of benzene rings is 1. The van der Waals surface area contributed by atoms with Gasteiger partial charge >= 0.3 is 0 Å². The Kier molecular flexibility index (Phi) is 4.61. The minimum Gasteiger partial charge on any atom is -0.490 e. The Morgan fingerprint density at radius 2 is 2.25 bits per heavy atom. The molecule has 1 aliphatic carbocycles. The molecule has 1 aromatic carbocycles. The van der Waals surface area contributed by atoms with E-state index in [0.29, 0.717) is 13.0 Å². The second kappa shape index (κ2) is 6.23. The van der Waals surface area contributed by atoms with E-state index in [4.69, 9.17) is 10.00 Å². The highest BCUT2D eigenvalue weighted by molar-refractivity contribution is 5.31. The van der Waals surface area contributed by atoms with E-state index in [1.165, 1.54) is 6.07 Å². The molecule has 0 spiro atoms. The first-order valence-electron chi connectivity index (χ1n) is 7.13. The van der Waals surface area contributed by atoms with E-state index in [-0.39, 0.29) is 23.0 Å². The molecular weight excluding hydrogens is 255 g/mol. The number of hydrogen-bond acceptors (Lipinski definition) is 3. The lowest BCUT2D eigenvalue weighted by Gasteiger charge is -2.16. The monoisotopic (exact) mass is 276 g/mol. The van der Waals surface area contributed by atoms with Crippen molar-refractivity contribution in [3.63, 3.8) is 0 Å². The van der Waals surface area contributed by atoms with Crippen LogP contribution in [-0.2, 0) is 0 Å². The van der Waals surface area contributed by atoms with Crippen molar-refractivity contribution in [3.8, 4) is 11.8 Å². The Morgan fingerprint density at radius 1 is 1.50 bits per heavy atom. The molecule has 1 aliphatic rings. The minimum absolute atomic E-state index is 0.0308. The molecule has 1 fully saturated rings. The number of nitrogens with zero attached hydrogens (tertiary/aromatic N) is 1. The average Bonchev–Trinajstić information content (AvgIpc) is 3.18. The average molecular weight is 276 g/mol. The van der Waals surface area contributed by atoms with Gasteiger partial charge in [-0.25, -0.2) is 4.39 Å². The predicted octanol–water partition coefficient (Wildman–Crippen LogP) is 3.57. The normalized spacial score (nSPS) is 17.3. The SMILES string of the molecule is CCNC(C)c1ccc(OCC2(CC#N)CC2)c(F)c1. The molecule has 20 heavy (non-hydrogen) atoms. The molecule has 0 radical (unpaired) electrons. The lowest BCUT2D eigenvalue weighted by Crippen LogP contribution is -2.18. The van der Waals surface area contributed by atoms with Crippen LogP contribution in [0.4, 0.5) is 4.39 Å². The van der Waals surface area contributed by atoms with E-state index in [0.717, 1.165) is 24.9 Å². The molecule has 4 heteroatoms. The summed E-state index contributed by atoms with van der Waals surface area (Å²) < 4.78 is 19.6. The number of hydrogen-bond donors (Lipinski definition) is 1. The Labute approximate surface area is 119 Å². The third kappa shape index (κ3) is 3.49. The summed E-state index contributed by atoms with van der Waals surface area (Å²) in [6.45, 7) is 5.30. The maximum Gasteiger partial charge on any atom is 0.165 e. The van der Waals surface area contributed by atoms with E-state index < -0.39 is 0 Å². The van der Waals surface area contributed by atoms with Crippen LogP contribution in [0.15, 0.2) is 18.2 Å². The summed E-state index contributed by atoms with van der Waals surface area (Å²) in [5.74, 6) is -0.0540. The fourth-order valence-electron chi connectivity index (χ4n) is 2.27. The van der Waals surface area contributed by atoms with E-state index >= 15 is 0 Å². The molecule has 3 nitrogen and oxygen atoms in total. The molecule has 0 saturated heterocycles. The van der Waals surface area contributed by atoms with Gasteiger partial charge in [-0.05, 0) is 44.0 Å².